The molecule has 0 saturated carbocycles. The summed E-state index contributed by atoms with van der Waals surface area (Å²) in [4.78, 5) is 27.9. The molecule has 1 aliphatic heterocycles. The number of carbonyl (C=O) groups is 2. The van der Waals surface area contributed by atoms with E-state index in [1.165, 1.54) is 17.9 Å². The second kappa shape index (κ2) is 7.05. The van der Waals surface area contributed by atoms with Crippen molar-refractivity contribution in [1.82, 2.24) is 9.88 Å². The zero-order valence-corrected chi connectivity index (χ0v) is 15.4. The zero-order chi connectivity index (χ0) is 19.9. The van der Waals surface area contributed by atoms with E-state index in [2.05, 4.69) is 16.8 Å². The Bertz CT molecular complexity index is 1060. The molecular weight excluding hydrogens is 376 g/mol. The summed E-state index contributed by atoms with van der Waals surface area (Å²) in [6, 6.07) is 0.993. The Morgan fingerprint density at radius 2 is 2.15 bits per heavy atom. The highest BCUT2D eigenvalue weighted by molar-refractivity contribution is 6.37. The molecule has 1 atom stereocenters. The number of nitrogens with one attached hydrogen (secondary N) is 1. The van der Waals surface area contributed by atoms with Crippen LogP contribution in [-0.2, 0) is 4.79 Å². The number of hydrogen-bond donors (Lipinski definition) is 2. The van der Waals surface area contributed by atoms with Crippen molar-refractivity contribution < 1.29 is 18.4 Å². The van der Waals surface area contributed by atoms with Gasteiger partial charge in [-0.3, -0.25) is 9.59 Å². The minimum atomic E-state index is -1.49. The standard InChI is InChI=1S/C19H16ClF2N3O2/c1-3-4-14(26)25-7-10(5-11(21)8-25)15-13(22)6-12(19(23)27)18-16(15)17(20)9(2)24-18/h5-6,11,24H,7-8H2,1-2H3,(H2,23,27). The van der Waals surface area contributed by atoms with Crippen LogP contribution in [0, 0.1) is 24.6 Å². The van der Waals surface area contributed by atoms with Crippen LogP contribution < -0.4 is 5.73 Å². The predicted molar refractivity (Wildman–Crippen MR) is 99.4 cm³/mol. The molecule has 5 nitrogen and oxygen atoms in total. The van der Waals surface area contributed by atoms with Gasteiger partial charge in [0.25, 0.3) is 11.8 Å². The molecular formula is C19H16ClF2N3O2. The van der Waals surface area contributed by atoms with Gasteiger partial charge in [-0.1, -0.05) is 17.5 Å². The number of halogens is 3. The molecule has 1 aliphatic rings. The first-order valence-electron chi connectivity index (χ1n) is 8.11. The third-order valence-corrected chi connectivity index (χ3v) is 4.86. The quantitative estimate of drug-likeness (QED) is 0.772. The van der Waals surface area contributed by atoms with Crippen LogP contribution in [0.15, 0.2) is 12.1 Å². The molecule has 3 rings (SSSR count). The predicted octanol–water partition coefficient (Wildman–Crippen LogP) is 2.95. The fraction of sp³-hybridized carbons (Fsp3) is 0.263. The van der Waals surface area contributed by atoms with Crippen LogP contribution in [0.1, 0.15) is 28.5 Å². The van der Waals surface area contributed by atoms with Crippen LogP contribution in [0.5, 0.6) is 0 Å². The van der Waals surface area contributed by atoms with Gasteiger partial charge in [-0.05, 0) is 37.5 Å². The minimum Gasteiger partial charge on any atom is -0.366 e. The average Bonchev–Trinajstić information content (AvgIpc) is 2.89. The van der Waals surface area contributed by atoms with Crippen molar-refractivity contribution in [2.24, 2.45) is 5.73 Å². The van der Waals surface area contributed by atoms with Crippen molar-refractivity contribution in [1.29, 1.82) is 0 Å². The number of aromatic amines is 1. The molecule has 1 unspecified atom stereocenters. The van der Waals surface area contributed by atoms with Crippen molar-refractivity contribution in [3.8, 4) is 11.8 Å². The Morgan fingerprint density at radius 1 is 1.44 bits per heavy atom. The number of alkyl halides is 1. The fourth-order valence-corrected chi connectivity index (χ4v) is 3.48. The van der Waals surface area contributed by atoms with Crippen LogP contribution in [0.25, 0.3) is 16.5 Å². The van der Waals surface area contributed by atoms with Gasteiger partial charge >= 0.3 is 0 Å². The summed E-state index contributed by atoms with van der Waals surface area (Å²) in [6.07, 6.45) is -0.232. The summed E-state index contributed by atoms with van der Waals surface area (Å²) in [6.45, 7) is 2.96. The number of nitrogens with two attached hydrogens (primary N) is 1. The summed E-state index contributed by atoms with van der Waals surface area (Å²) < 4.78 is 29.2. The third-order valence-electron chi connectivity index (χ3n) is 4.38. The van der Waals surface area contributed by atoms with Crippen LogP contribution in [0.2, 0.25) is 5.02 Å². The number of fused-ring (bicyclic) bond motifs is 1. The van der Waals surface area contributed by atoms with Gasteiger partial charge in [-0.15, -0.1) is 0 Å². The van der Waals surface area contributed by atoms with Crippen molar-refractivity contribution in [3.63, 3.8) is 0 Å². The first kappa shape index (κ1) is 18.9. The van der Waals surface area contributed by atoms with Crippen molar-refractivity contribution in [2.45, 2.75) is 20.0 Å². The van der Waals surface area contributed by atoms with E-state index in [9.17, 15) is 18.4 Å². The smallest absolute Gasteiger partial charge is 0.298 e. The van der Waals surface area contributed by atoms with Crippen molar-refractivity contribution in [3.05, 3.63) is 39.8 Å². The molecule has 2 aromatic rings. The fourth-order valence-electron chi connectivity index (χ4n) is 3.25. The monoisotopic (exact) mass is 391 g/mol. The first-order chi connectivity index (χ1) is 12.7. The minimum absolute atomic E-state index is 0.0313. The maximum Gasteiger partial charge on any atom is 0.298 e. The Kier molecular flexibility index (Phi) is 4.94. The molecule has 0 radical (unpaired) electrons. The molecule has 0 fully saturated rings. The number of aryl methyl sites for hydroxylation is 1. The lowest BCUT2D eigenvalue weighted by Crippen LogP contribution is -2.39. The first-order valence-corrected chi connectivity index (χ1v) is 8.49. The molecule has 1 aromatic carbocycles. The number of primary amides is 1. The van der Waals surface area contributed by atoms with Gasteiger partial charge in [0.1, 0.15) is 12.0 Å². The highest BCUT2D eigenvalue weighted by atomic mass is 35.5. The largest absolute Gasteiger partial charge is 0.366 e. The van der Waals surface area contributed by atoms with E-state index in [1.807, 2.05) is 0 Å². The van der Waals surface area contributed by atoms with Gasteiger partial charge < -0.3 is 15.6 Å². The Hall–Kier alpha value is -2.85. The Balaban J connectivity index is 2.23. The van der Waals surface area contributed by atoms with E-state index < -0.39 is 23.8 Å². The number of nitrogens with zero attached hydrogens (tertiary/aromatic N) is 1. The van der Waals surface area contributed by atoms with Crippen molar-refractivity contribution >= 4 is 39.9 Å². The summed E-state index contributed by atoms with van der Waals surface area (Å²) >= 11 is 6.33. The summed E-state index contributed by atoms with van der Waals surface area (Å²) in [7, 11) is 0. The lowest BCUT2D eigenvalue weighted by Gasteiger charge is -2.28. The van der Waals surface area contributed by atoms with E-state index in [0.29, 0.717) is 5.69 Å². The Labute approximate surface area is 159 Å². The van der Waals surface area contributed by atoms with Gasteiger partial charge in [-0.25, -0.2) is 8.78 Å². The highest BCUT2D eigenvalue weighted by Gasteiger charge is 2.29. The molecule has 0 saturated heterocycles. The van der Waals surface area contributed by atoms with Gasteiger partial charge in [0.2, 0.25) is 0 Å². The number of rotatable bonds is 2. The van der Waals surface area contributed by atoms with Gasteiger partial charge in [-0.2, -0.15) is 0 Å². The van der Waals surface area contributed by atoms with Crippen molar-refractivity contribution in [2.75, 3.05) is 13.1 Å². The summed E-state index contributed by atoms with van der Waals surface area (Å²) in [5.41, 5.74) is 6.36. The maximum atomic E-state index is 14.9. The maximum absolute atomic E-state index is 14.9. The number of aromatic nitrogens is 1. The lowest BCUT2D eigenvalue weighted by atomic mass is 9.94. The molecule has 0 bridgehead atoms. The van der Waals surface area contributed by atoms with Gasteiger partial charge in [0.05, 0.1) is 22.6 Å². The molecule has 27 heavy (non-hydrogen) atoms. The van der Waals surface area contributed by atoms with Gasteiger partial charge in [0.15, 0.2) is 0 Å². The molecule has 8 heteroatoms. The summed E-state index contributed by atoms with van der Waals surface area (Å²) in [5.74, 6) is 2.69. The third kappa shape index (κ3) is 3.28. The van der Waals surface area contributed by atoms with E-state index in [-0.39, 0.29) is 45.7 Å². The van der Waals surface area contributed by atoms with Crippen LogP contribution in [0.4, 0.5) is 8.78 Å². The van der Waals surface area contributed by atoms with Crippen LogP contribution in [0.3, 0.4) is 0 Å². The second-order valence-electron chi connectivity index (χ2n) is 6.23. The molecule has 0 spiro atoms. The van der Waals surface area contributed by atoms with E-state index in [4.69, 9.17) is 17.3 Å². The number of amides is 2. The summed E-state index contributed by atoms with van der Waals surface area (Å²) in [5, 5.41) is 0.437. The molecule has 1 aromatic heterocycles. The number of H-pyrrole nitrogens is 1. The number of hydrogen-bond acceptors (Lipinski definition) is 2. The number of carbonyl (C=O) groups excluding carboxylic acids is 2. The normalized spacial score (nSPS) is 16.7. The van der Waals surface area contributed by atoms with E-state index >= 15 is 0 Å². The molecule has 3 N–H and O–H groups in total. The SMILES string of the molecule is CC#CC(=O)N1CC(c2c(F)cc(C(N)=O)c3[nH]c(C)c(Cl)c23)=CC(F)C1. The average molecular weight is 392 g/mol. The topological polar surface area (TPSA) is 79.2 Å². The van der Waals surface area contributed by atoms with Gasteiger partial charge in [0, 0.05) is 23.2 Å². The molecule has 2 heterocycles. The molecule has 2 amide bonds. The van der Waals surface area contributed by atoms with E-state index in [1.54, 1.807) is 6.92 Å². The van der Waals surface area contributed by atoms with Crippen LogP contribution >= 0.6 is 11.6 Å². The van der Waals surface area contributed by atoms with Crippen LogP contribution in [-0.4, -0.2) is 41.0 Å². The molecule has 140 valence electrons. The van der Waals surface area contributed by atoms with E-state index in [0.717, 1.165) is 6.07 Å². The number of benzene rings is 1. The molecule has 0 aliphatic carbocycles. The highest BCUT2D eigenvalue weighted by Crippen LogP contribution is 2.38. The lowest BCUT2D eigenvalue weighted by molar-refractivity contribution is -0.125. The second-order valence-corrected chi connectivity index (χ2v) is 6.61. The zero-order valence-electron chi connectivity index (χ0n) is 14.6. The Morgan fingerprint density at radius 3 is 2.78 bits per heavy atom.